The summed E-state index contributed by atoms with van der Waals surface area (Å²) in [4.78, 5) is 38.7. The first-order chi connectivity index (χ1) is 18.0. The van der Waals surface area contributed by atoms with Crippen LogP contribution < -0.4 is 10.6 Å². The van der Waals surface area contributed by atoms with Crippen LogP contribution in [0.25, 0.3) is 0 Å². The number of rotatable bonds is 6. The van der Waals surface area contributed by atoms with Crippen molar-refractivity contribution >= 4 is 56.4 Å². The van der Waals surface area contributed by atoms with Crippen LogP contribution in [0.4, 0.5) is 11.4 Å². The number of halogens is 2. The van der Waals surface area contributed by atoms with Crippen molar-refractivity contribution < 1.29 is 9.59 Å². The van der Waals surface area contributed by atoms with Gasteiger partial charge in [-0.05, 0) is 48.0 Å². The van der Waals surface area contributed by atoms with E-state index in [-0.39, 0.29) is 18.2 Å². The molecule has 5 rings (SSSR count). The maximum Gasteiger partial charge on any atom is 0.249 e. The van der Waals surface area contributed by atoms with Gasteiger partial charge in [0.05, 0.1) is 17.8 Å². The second-order valence-electron chi connectivity index (χ2n) is 8.44. The van der Waals surface area contributed by atoms with Gasteiger partial charge in [-0.3, -0.25) is 14.6 Å². The number of benzodiazepines with no additional fused rings is 1. The Labute approximate surface area is 227 Å². The molecule has 9 heteroatoms. The zero-order valence-electron chi connectivity index (χ0n) is 19.5. The van der Waals surface area contributed by atoms with Gasteiger partial charge in [0.2, 0.25) is 11.8 Å². The van der Waals surface area contributed by atoms with E-state index in [0.717, 1.165) is 21.2 Å². The number of hydrogen-bond donors (Lipinski definition) is 2. The topological polar surface area (TPSA) is 96.3 Å². The maximum atomic E-state index is 13.2. The summed E-state index contributed by atoms with van der Waals surface area (Å²) in [5.74, 6) is 0.0308. The van der Waals surface area contributed by atoms with Crippen LogP contribution in [0.5, 0.6) is 0 Å². The SMILES string of the molecule is O=C(Cc1ncccn1)Nc1ccc(C2=NC(Cc3ccccc3Br)C(=O)Nc3cc(Cl)ccc32)cc1. The predicted molar refractivity (Wildman–Crippen MR) is 148 cm³/mol. The molecule has 37 heavy (non-hydrogen) atoms. The molecule has 0 aliphatic carbocycles. The number of fused-ring (bicyclic) bond motifs is 1. The van der Waals surface area contributed by atoms with Crippen LogP contribution in [0.3, 0.4) is 0 Å². The van der Waals surface area contributed by atoms with E-state index in [2.05, 4.69) is 36.5 Å². The minimum absolute atomic E-state index is 0.0773. The van der Waals surface area contributed by atoms with E-state index in [1.165, 1.54) is 0 Å². The Morgan fingerprint density at radius 2 is 1.76 bits per heavy atom. The van der Waals surface area contributed by atoms with Crippen molar-refractivity contribution in [3.63, 3.8) is 0 Å². The standard InChI is InChI=1S/C28H21BrClN5O2/c29-22-5-2-1-4-18(22)14-24-28(37)35-23-15-19(30)8-11-21(23)27(34-24)17-6-9-20(10-7-17)33-26(36)16-25-31-12-3-13-32-25/h1-13,15,24H,14,16H2,(H,33,36)(H,35,37). The molecule has 1 atom stereocenters. The molecule has 0 spiro atoms. The number of nitrogens with zero attached hydrogens (tertiary/aromatic N) is 3. The Morgan fingerprint density at radius 3 is 2.51 bits per heavy atom. The summed E-state index contributed by atoms with van der Waals surface area (Å²) in [6.07, 6.45) is 3.71. The second-order valence-corrected chi connectivity index (χ2v) is 9.73. The molecule has 1 aliphatic rings. The minimum atomic E-state index is -0.648. The Kier molecular flexibility index (Phi) is 7.39. The molecule has 4 aromatic rings. The Morgan fingerprint density at radius 1 is 1.00 bits per heavy atom. The minimum Gasteiger partial charge on any atom is -0.326 e. The highest BCUT2D eigenvalue weighted by atomic mass is 79.9. The van der Waals surface area contributed by atoms with Gasteiger partial charge in [0.15, 0.2) is 0 Å². The van der Waals surface area contributed by atoms with E-state index in [1.807, 2.05) is 42.5 Å². The van der Waals surface area contributed by atoms with Crippen molar-refractivity contribution in [3.05, 3.63) is 117 Å². The van der Waals surface area contributed by atoms with E-state index in [9.17, 15) is 9.59 Å². The maximum absolute atomic E-state index is 13.2. The number of anilines is 2. The molecule has 0 saturated heterocycles. The van der Waals surface area contributed by atoms with Crippen molar-refractivity contribution in [1.29, 1.82) is 0 Å². The summed E-state index contributed by atoms with van der Waals surface area (Å²) in [6, 6.07) is 21.5. The van der Waals surface area contributed by atoms with E-state index >= 15 is 0 Å². The lowest BCUT2D eigenvalue weighted by Gasteiger charge is -2.13. The molecule has 1 aliphatic heterocycles. The number of carbonyl (C=O) groups is 2. The number of aromatic nitrogens is 2. The van der Waals surface area contributed by atoms with Crippen molar-refractivity contribution in [2.45, 2.75) is 18.9 Å². The summed E-state index contributed by atoms with van der Waals surface area (Å²) in [5, 5.41) is 6.37. The normalized spacial score (nSPS) is 14.7. The molecule has 1 unspecified atom stereocenters. The summed E-state index contributed by atoms with van der Waals surface area (Å²) in [6.45, 7) is 0. The zero-order chi connectivity index (χ0) is 25.8. The highest BCUT2D eigenvalue weighted by Gasteiger charge is 2.27. The molecule has 2 N–H and O–H groups in total. The molecule has 7 nitrogen and oxygen atoms in total. The van der Waals surface area contributed by atoms with Crippen molar-refractivity contribution in [2.24, 2.45) is 4.99 Å². The molecule has 0 radical (unpaired) electrons. The fraction of sp³-hybridized carbons (Fsp3) is 0.107. The number of hydrogen-bond acceptors (Lipinski definition) is 5. The van der Waals surface area contributed by atoms with Crippen LogP contribution in [0.2, 0.25) is 5.02 Å². The molecule has 3 aromatic carbocycles. The average molecular weight is 575 g/mol. The van der Waals surface area contributed by atoms with Crippen LogP contribution in [-0.2, 0) is 22.4 Å². The molecule has 2 heterocycles. The largest absolute Gasteiger partial charge is 0.326 e. The summed E-state index contributed by atoms with van der Waals surface area (Å²) >= 11 is 9.81. The lowest BCUT2D eigenvalue weighted by atomic mass is 10.00. The molecule has 184 valence electrons. The van der Waals surface area contributed by atoms with E-state index in [1.54, 1.807) is 42.7 Å². The number of benzene rings is 3. The first kappa shape index (κ1) is 24.8. The van der Waals surface area contributed by atoms with Crippen LogP contribution in [0, 0.1) is 0 Å². The van der Waals surface area contributed by atoms with Gasteiger partial charge in [-0.1, -0.05) is 57.9 Å². The summed E-state index contributed by atoms with van der Waals surface area (Å²) < 4.78 is 0.922. The van der Waals surface area contributed by atoms with Gasteiger partial charge in [0.1, 0.15) is 11.9 Å². The van der Waals surface area contributed by atoms with Gasteiger partial charge in [-0.15, -0.1) is 0 Å². The van der Waals surface area contributed by atoms with Gasteiger partial charge in [0.25, 0.3) is 0 Å². The van der Waals surface area contributed by atoms with Crippen molar-refractivity contribution in [3.8, 4) is 0 Å². The number of carbonyl (C=O) groups excluding carboxylic acids is 2. The van der Waals surface area contributed by atoms with Crippen LogP contribution in [0.1, 0.15) is 22.5 Å². The third-order valence-corrected chi connectivity index (χ3v) is 6.84. The molecule has 2 amide bonds. The lowest BCUT2D eigenvalue weighted by molar-refractivity contribution is -0.117. The molecule has 1 aromatic heterocycles. The number of amides is 2. The van der Waals surface area contributed by atoms with E-state index < -0.39 is 6.04 Å². The van der Waals surface area contributed by atoms with Crippen molar-refractivity contribution in [2.75, 3.05) is 10.6 Å². The summed E-state index contributed by atoms with van der Waals surface area (Å²) in [7, 11) is 0. The van der Waals surface area contributed by atoms with Crippen molar-refractivity contribution in [1.82, 2.24) is 9.97 Å². The third-order valence-electron chi connectivity index (χ3n) is 5.83. The molecular weight excluding hydrogens is 554 g/mol. The lowest BCUT2D eigenvalue weighted by Crippen LogP contribution is -2.27. The molecule has 0 fully saturated rings. The van der Waals surface area contributed by atoms with E-state index in [0.29, 0.717) is 34.4 Å². The Bertz CT molecular complexity index is 1490. The highest BCUT2D eigenvalue weighted by Crippen LogP contribution is 2.29. The first-order valence-electron chi connectivity index (χ1n) is 11.5. The molecular formula is C28H21BrClN5O2. The van der Waals surface area contributed by atoms with E-state index in [4.69, 9.17) is 16.6 Å². The Hall–Kier alpha value is -3.88. The van der Waals surface area contributed by atoms with Crippen LogP contribution in [-0.4, -0.2) is 33.5 Å². The van der Waals surface area contributed by atoms with Gasteiger partial charge in [-0.25, -0.2) is 9.97 Å². The van der Waals surface area contributed by atoms with Gasteiger partial charge in [-0.2, -0.15) is 0 Å². The molecule has 0 saturated carbocycles. The third kappa shape index (κ3) is 5.93. The fourth-order valence-electron chi connectivity index (χ4n) is 4.05. The van der Waals surface area contributed by atoms with Gasteiger partial charge >= 0.3 is 0 Å². The van der Waals surface area contributed by atoms with Gasteiger partial charge < -0.3 is 10.6 Å². The highest BCUT2D eigenvalue weighted by molar-refractivity contribution is 9.10. The predicted octanol–water partition coefficient (Wildman–Crippen LogP) is 5.47. The number of nitrogens with one attached hydrogen (secondary N) is 2. The second kappa shape index (κ2) is 11.0. The van der Waals surface area contributed by atoms with Gasteiger partial charge in [0, 0.05) is 45.1 Å². The number of aliphatic imine (C=N–C) groups is 1. The van der Waals surface area contributed by atoms with Crippen LogP contribution in [0.15, 0.2) is 94.7 Å². The average Bonchev–Trinajstić information content (AvgIpc) is 3.02. The smallest absolute Gasteiger partial charge is 0.249 e. The Balaban J connectivity index is 1.44. The van der Waals surface area contributed by atoms with Crippen LogP contribution >= 0.6 is 27.5 Å². The monoisotopic (exact) mass is 573 g/mol. The molecule has 0 bridgehead atoms. The zero-order valence-corrected chi connectivity index (χ0v) is 21.8. The first-order valence-corrected chi connectivity index (χ1v) is 12.7. The summed E-state index contributed by atoms with van der Waals surface area (Å²) in [5.41, 5.74) is 4.46. The fourth-order valence-corrected chi connectivity index (χ4v) is 4.67. The quantitative estimate of drug-likeness (QED) is 0.319.